The topological polar surface area (TPSA) is 80.9 Å². The molecule has 1 aliphatic carbocycles. The lowest BCUT2D eigenvalue weighted by molar-refractivity contribution is -0.122. The molecule has 5 nitrogen and oxygen atoms in total. The molecule has 1 aromatic carbocycles. The van der Waals surface area contributed by atoms with Crippen LogP contribution in [0, 0.1) is 5.92 Å². The first-order valence-corrected chi connectivity index (χ1v) is 9.52. The van der Waals surface area contributed by atoms with E-state index in [2.05, 4.69) is 10.3 Å². The molecule has 3 aromatic rings. The van der Waals surface area contributed by atoms with Crippen molar-refractivity contribution in [2.24, 2.45) is 11.7 Å². The number of amides is 1. The monoisotopic (exact) mass is 352 g/mol. The minimum absolute atomic E-state index is 0.0277. The summed E-state index contributed by atoms with van der Waals surface area (Å²) < 4.78 is 0. The van der Waals surface area contributed by atoms with Crippen molar-refractivity contribution in [1.82, 2.24) is 9.97 Å². The van der Waals surface area contributed by atoms with Crippen molar-refractivity contribution >= 4 is 34.0 Å². The maximum atomic E-state index is 11.8. The first-order valence-electron chi connectivity index (χ1n) is 8.57. The molecule has 128 valence electrons. The molecule has 4 rings (SSSR count). The largest absolute Gasteiger partial charge is 0.369 e. The summed E-state index contributed by atoms with van der Waals surface area (Å²) in [6.45, 7) is 0. The molecule has 1 amide bonds. The number of fused-ring (bicyclic) bond motifs is 1. The Balaban J connectivity index is 1.76. The number of benzene rings is 1. The molecule has 1 fully saturated rings. The lowest BCUT2D eigenvalue weighted by Crippen LogP contribution is -2.40. The minimum atomic E-state index is -0.228. The summed E-state index contributed by atoms with van der Waals surface area (Å²) in [7, 11) is 0. The maximum Gasteiger partial charge on any atom is 0.222 e. The van der Waals surface area contributed by atoms with Gasteiger partial charge in [0.25, 0.3) is 0 Å². The number of carbonyl (C=O) groups excluding carboxylic acids is 1. The molecular formula is C19H20N4OS. The molecular weight excluding hydrogens is 332 g/mol. The molecule has 2 unspecified atom stereocenters. The van der Waals surface area contributed by atoms with Crippen LogP contribution < -0.4 is 11.1 Å². The van der Waals surface area contributed by atoms with Crippen LogP contribution in [0.4, 0.5) is 5.82 Å². The van der Waals surface area contributed by atoms with Gasteiger partial charge in [0.1, 0.15) is 5.82 Å². The number of nitrogens with one attached hydrogen (secondary N) is 1. The number of anilines is 1. The number of thiophene rings is 1. The van der Waals surface area contributed by atoms with Gasteiger partial charge in [-0.1, -0.05) is 25.0 Å². The van der Waals surface area contributed by atoms with Gasteiger partial charge in [0.05, 0.1) is 11.4 Å². The van der Waals surface area contributed by atoms with Crippen molar-refractivity contribution in [2.45, 2.75) is 31.7 Å². The second-order valence-electron chi connectivity index (χ2n) is 6.47. The third kappa shape index (κ3) is 3.22. The third-order valence-corrected chi connectivity index (χ3v) is 5.52. The molecule has 0 spiro atoms. The molecule has 0 bridgehead atoms. The summed E-state index contributed by atoms with van der Waals surface area (Å²) in [6.07, 6.45) is 3.92. The first-order chi connectivity index (χ1) is 12.2. The van der Waals surface area contributed by atoms with E-state index in [9.17, 15) is 4.79 Å². The van der Waals surface area contributed by atoms with Gasteiger partial charge in [-0.3, -0.25) is 4.79 Å². The number of nitrogens with two attached hydrogens (primary N) is 1. The quantitative estimate of drug-likeness (QED) is 0.748. The summed E-state index contributed by atoms with van der Waals surface area (Å²) in [4.78, 5) is 21.3. The number of para-hydroxylation sites is 1. The van der Waals surface area contributed by atoms with Crippen LogP contribution in [0.3, 0.4) is 0 Å². The van der Waals surface area contributed by atoms with Gasteiger partial charge in [-0.05, 0) is 36.4 Å². The van der Waals surface area contributed by atoms with Crippen molar-refractivity contribution in [2.75, 3.05) is 5.32 Å². The molecule has 0 saturated heterocycles. The second kappa shape index (κ2) is 6.80. The van der Waals surface area contributed by atoms with Crippen molar-refractivity contribution in [1.29, 1.82) is 0 Å². The van der Waals surface area contributed by atoms with E-state index in [-0.39, 0.29) is 17.9 Å². The highest BCUT2D eigenvalue weighted by molar-refractivity contribution is 7.08. The van der Waals surface area contributed by atoms with E-state index in [4.69, 9.17) is 10.7 Å². The predicted molar refractivity (Wildman–Crippen MR) is 101 cm³/mol. The number of hydrogen-bond donors (Lipinski definition) is 2. The summed E-state index contributed by atoms with van der Waals surface area (Å²) in [5, 5.41) is 8.54. The first kappa shape index (κ1) is 16.0. The SMILES string of the molecule is NC(=O)C1CCCCC1Nc1nc(-c2ccsc2)nc2ccccc12. The van der Waals surface area contributed by atoms with Crippen LogP contribution in [0.25, 0.3) is 22.3 Å². The Labute approximate surface area is 150 Å². The zero-order chi connectivity index (χ0) is 17.2. The molecule has 2 heterocycles. The van der Waals surface area contributed by atoms with Crippen molar-refractivity contribution in [3.8, 4) is 11.4 Å². The predicted octanol–water partition coefficient (Wildman–Crippen LogP) is 3.81. The number of rotatable bonds is 4. The zero-order valence-electron chi connectivity index (χ0n) is 13.8. The Kier molecular flexibility index (Phi) is 4.36. The fraction of sp³-hybridized carbons (Fsp3) is 0.316. The van der Waals surface area contributed by atoms with Crippen LogP contribution in [0.15, 0.2) is 41.1 Å². The molecule has 25 heavy (non-hydrogen) atoms. The van der Waals surface area contributed by atoms with Gasteiger partial charge in [-0.15, -0.1) is 0 Å². The van der Waals surface area contributed by atoms with E-state index in [0.717, 1.165) is 48.0 Å². The van der Waals surface area contributed by atoms with Crippen LogP contribution in [0.2, 0.25) is 0 Å². The van der Waals surface area contributed by atoms with Crippen LogP contribution >= 0.6 is 11.3 Å². The van der Waals surface area contributed by atoms with E-state index >= 15 is 0 Å². The number of primary amides is 1. The molecule has 0 radical (unpaired) electrons. The second-order valence-corrected chi connectivity index (χ2v) is 7.25. The van der Waals surface area contributed by atoms with Gasteiger partial charge < -0.3 is 11.1 Å². The summed E-state index contributed by atoms with van der Waals surface area (Å²) in [5.41, 5.74) is 7.52. The average molecular weight is 352 g/mol. The molecule has 1 aliphatic rings. The Morgan fingerprint density at radius 3 is 2.80 bits per heavy atom. The lowest BCUT2D eigenvalue weighted by atomic mass is 9.84. The highest BCUT2D eigenvalue weighted by Crippen LogP contribution is 2.31. The van der Waals surface area contributed by atoms with Crippen molar-refractivity contribution in [3.63, 3.8) is 0 Å². The van der Waals surface area contributed by atoms with Gasteiger partial charge in [0.2, 0.25) is 5.91 Å². The Hall–Kier alpha value is -2.47. The Bertz CT molecular complexity index is 894. The number of nitrogens with zero attached hydrogens (tertiary/aromatic N) is 2. The van der Waals surface area contributed by atoms with Crippen LogP contribution in [0.5, 0.6) is 0 Å². The Morgan fingerprint density at radius 2 is 2.00 bits per heavy atom. The minimum Gasteiger partial charge on any atom is -0.369 e. The van der Waals surface area contributed by atoms with Gasteiger partial charge in [-0.25, -0.2) is 9.97 Å². The van der Waals surface area contributed by atoms with Gasteiger partial charge in [0.15, 0.2) is 5.82 Å². The van der Waals surface area contributed by atoms with Gasteiger partial charge in [-0.2, -0.15) is 11.3 Å². The number of carbonyl (C=O) groups is 1. The van der Waals surface area contributed by atoms with Crippen LogP contribution in [-0.4, -0.2) is 21.9 Å². The van der Waals surface area contributed by atoms with Crippen LogP contribution in [0.1, 0.15) is 25.7 Å². The van der Waals surface area contributed by atoms with Gasteiger partial charge in [0, 0.05) is 22.4 Å². The van der Waals surface area contributed by atoms with E-state index < -0.39 is 0 Å². The van der Waals surface area contributed by atoms with Crippen LogP contribution in [-0.2, 0) is 4.79 Å². The maximum absolute atomic E-state index is 11.8. The number of aromatic nitrogens is 2. The summed E-state index contributed by atoms with van der Waals surface area (Å²) in [6, 6.07) is 10.0. The van der Waals surface area contributed by atoms with Gasteiger partial charge >= 0.3 is 0 Å². The zero-order valence-corrected chi connectivity index (χ0v) is 14.6. The normalized spacial score (nSPS) is 20.5. The van der Waals surface area contributed by atoms with Crippen molar-refractivity contribution in [3.05, 3.63) is 41.1 Å². The average Bonchev–Trinajstić information content (AvgIpc) is 3.16. The van der Waals surface area contributed by atoms with Crippen molar-refractivity contribution < 1.29 is 4.79 Å². The summed E-state index contributed by atoms with van der Waals surface area (Å²) in [5.74, 6) is 1.11. The molecule has 2 atom stereocenters. The smallest absolute Gasteiger partial charge is 0.222 e. The molecule has 1 saturated carbocycles. The van der Waals surface area contributed by atoms with E-state index in [1.807, 2.05) is 41.1 Å². The fourth-order valence-corrected chi connectivity index (χ4v) is 4.16. The summed E-state index contributed by atoms with van der Waals surface area (Å²) >= 11 is 1.62. The van der Waals surface area contributed by atoms with E-state index in [1.54, 1.807) is 11.3 Å². The van der Waals surface area contributed by atoms with E-state index in [1.165, 1.54) is 0 Å². The standard InChI is InChI=1S/C19H20N4OS/c20-17(24)13-5-1-3-7-15(13)22-19-14-6-2-4-8-16(14)21-18(23-19)12-9-10-25-11-12/h2,4,6,8-11,13,15H,1,3,5,7H2,(H2,20,24)(H,21,22,23). The lowest BCUT2D eigenvalue weighted by Gasteiger charge is -2.30. The highest BCUT2D eigenvalue weighted by Gasteiger charge is 2.30. The third-order valence-electron chi connectivity index (χ3n) is 4.84. The molecule has 2 aromatic heterocycles. The fourth-order valence-electron chi connectivity index (χ4n) is 3.53. The molecule has 0 aliphatic heterocycles. The highest BCUT2D eigenvalue weighted by atomic mass is 32.1. The molecule has 6 heteroatoms. The van der Waals surface area contributed by atoms with E-state index in [0.29, 0.717) is 5.82 Å². The number of hydrogen-bond acceptors (Lipinski definition) is 5. The molecule has 3 N–H and O–H groups in total. The Morgan fingerprint density at radius 1 is 1.16 bits per heavy atom.